The van der Waals surface area contributed by atoms with Crippen LogP contribution < -0.4 is 21.7 Å². The van der Waals surface area contributed by atoms with Crippen LogP contribution in [0.3, 0.4) is 0 Å². The SMILES string of the molecule is CC(C)c1nn(C(=O)NC(C)(C)C)c(=O)n1N.CCCOCCN(C(=O)CCl)c1c(CC)cccc1CC. The standard InChI is InChI=1S/C17H26ClNO2.C10H19N5O2/c1-4-11-21-12-10-19(16(20)13-18)17-14(5-2)8-7-9-15(17)6-3;1-6(2)7-13-15(9(17)14(7)11)8(16)12-10(3,4)5/h7-9H,4-6,10-13H2,1-3H3;6H,11H2,1-5H3,(H,12,16). The number of benzene rings is 1. The summed E-state index contributed by atoms with van der Waals surface area (Å²) in [5.74, 6) is 5.82. The van der Waals surface area contributed by atoms with Gasteiger partial charge >= 0.3 is 11.7 Å². The van der Waals surface area contributed by atoms with Crippen LogP contribution in [0.5, 0.6) is 0 Å². The molecule has 0 unspecified atom stereocenters. The normalized spacial score (nSPS) is 11.2. The van der Waals surface area contributed by atoms with E-state index in [0.29, 0.717) is 19.0 Å². The van der Waals surface area contributed by atoms with Crippen molar-refractivity contribution in [2.45, 2.75) is 86.1 Å². The first kappa shape index (κ1) is 33.2. The van der Waals surface area contributed by atoms with Gasteiger partial charge in [-0.15, -0.1) is 21.4 Å². The van der Waals surface area contributed by atoms with Gasteiger partial charge in [-0.2, -0.15) is 4.68 Å². The number of hydrogen-bond acceptors (Lipinski definition) is 6. The van der Waals surface area contributed by atoms with Gasteiger partial charge in [-0.05, 0) is 51.2 Å². The monoisotopic (exact) mass is 552 g/mol. The Balaban J connectivity index is 0.000000389. The van der Waals surface area contributed by atoms with Crippen molar-refractivity contribution >= 4 is 29.2 Å². The lowest BCUT2D eigenvalue weighted by molar-refractivity contribution is -0.116. The summed E-state index contributed by atoms with van der Waals surface area (Å²) in [6.07, 6.45) is 2.77. The van der Waals surface area contributed by atoms with E-state index in [1.54, 1.807) is 4.90 Å². The topological polar surface area (TPSA) is 124 Å². The molecule has 214 valence electrons. The summed E-state index contributed by atoms with van der Waals surface area (Å²) in [6, 6.07) is 5.64. The summed E-state index contributed by atoms with van der Waals surface area (Å²) in [5, 5.41) is 6.57. The first-order valence-corrected chi connectivity index (χ1v) is 13.7. The van der Waals surface area contributed by atoms with Crippen LogP contribution in [-0.2, 0) is 22.4 Å². The molecule has 1 aromatic heterocycles. The van der Waals surface area contributed by atoms with Gasteiger partial charge in [0.05, 0.1) is 12.3 Å². The molecule has 1 aromatic carbocycles. The van der Waals surface area contributed by atoms with Crippen LogP contribution in [0.15, 0.2) is 23.0 Å². The third-order valence-corrected chi connectivity index (χ3v) is 5.71. The molecule has 2 rings (SSSR count). The summed E-state index contributed by atoms with van der Waals surface area (Å²) in [4.78, 5) is 37.5. The highest BCUT2D eigenvalue weighted by Gasteiger charge is 2.22. The fraction of sp³-hybridized carbons (Fsp3) is 0.630. The van der Waals surface area contributed by atoms with Crippen LogP contribution in [0.25, 0.3) is 0 Å². The number of aromatic nitrogens is 3. The Morgan fingerprint density at radius 1 is 1.13 bits per heavy atom. The maximum Gasteiger partial charge on any atom is 0.373 e. The Bertz CT molecular complexity index is 1080. The average Bonchev–Trinajstić information content (AvgIpc) is 3.17. The predicted octanol–water partition coefficient (Wildman–Crippen LogP) is 4.05. The summed E-state index contributed by atoms with van der Waals surface area (Å²) in [6.45, 7) is 17.2. The maximum atomic E-state index is 12.3. The molecular formula is C27H45ClN6O4. The van der Waals surface area contributed by atoms with Gasteiger partial charge in [-0.3, -0.25) is 4.79 Å². The van der Waals surface area contributed by atoms with Crippen LogP contribution >= 0.6 is 11.6 Å². The van der Waals surface area contributed by atoms with Gasteiger partial charge in [0.15, 0.2) is 5.82 Å². The van der Waals surface area contributed by atoms with E-state index in [2.05, 4.69) is 49.4 Å². The largest absolute Gasteiger partial charge is 0.380 e. The molecule has 10 nitrogen and oxygen atoms in total. The van der Waals surface area contributed by atoms with Crippen LogP contribution in [0.4, 0.5) is 10.5 Å². The van der Waals surface area contributed by atoms with E-state index in [4.69, 9.17) is 22.2 Å². The molecule has 0 aliphatic carbocycles. The number of ether oxygens (including phenoxy) is 1. The number of amides is 2. The third kappa shape index (κ3) is 9.47. The molecule has 1 heterocycles. The van der Waals surface area contributed by atoms with E-state index in [1.165, 1.54) is 11.1 Å². The van der Waals surface area contributed by atoms with Crippen LogP contribution in [0.2, 0.25) is 0 Å². The van der Waals surface area contributed by atoms with Crippen molar-refractivity contribution in [2.24, 2.45) is 0 Å². The number of halogens is 1. The van der Waals surface area contributed by atoms with Crippen molar-refractivity contribution in [3.05, 3.63) is 45.6 Å². The highest BCUT2D eigenvalue weighted by atomic mass is 35.5. The fourth-order valence-electron chi connectivity index (χ4n) is 3.69. The maximum absolute atomic E-state index is 12.3. The van der Waals surface area contributed by atoms with E-state index in [0.717, 1.165) is 40.9 Å². The van der Waals surface area contributed by atoms with E-state index in [-0.39, 0.29) is 17.7 Å². The number of nitrogens with one attached hydrogen (secondary N) is 1. The number of anilines is 1. The number of carbonyl (C=O) groups excluding carboxylic acids is 2. The molecular weight excluding hydrogens is 508 g/mol. The summed E-state index contributed by atoms with van der Waals surface area (Å²) in [5.41, 5.74) is 2.31. The Morgan fingerprint density at radius 3 is 2.13 bits per heavy atom. The molecule has 2 amide bonds. The zero-order valence-corrected chi connectivity index (χ0v) is 24.9. The fourth-order valence-corrected chi connectivity index (χ4v) is 3.83. The molecule has 0 fully saturated rings. The molecule has 11 heteroatoms. The molecule has 0 atom stereocenters. The van der Waals surface area contributed by atoms with Crippen LogP contribution in [-0.4, -0.2) is 57.6 Å². The molecule has 0 aliphatic heterocycles. The van der Waals surface area contributed by atoms with Crippen molar-refractivity contribution < 1.29 is 14.3 Å². The van der Waals surface area contributed by atoms with Crippen LogP contribution in [0, 0.1) is 0 Å². The predicted molar refractivity (Wildman–Crippen MR) is 154 cm³/mol. The second-order valence-corrected chi connectivity index (χ2v) is 10.4. The van der Waals surface area contributed by atoms with E-state index >= 15 is 0 Å². The van der Waals surface area contributed by atoms with Crippen molar-refractivity contribution in [1.82, 2.24) is 19.8 Å². The second kappa shape index (κ2) is 15.5. The molecule has 0 saturated carbocycles. The van der Waals surface area contributed by atoms with Crippen LogP contribution in [0.1, 0.15) is 84.7 Å². The minimum absolute atomic E-state index is 0.00498. The third-order valence-electron chi connectivity index (χ3n) is 5.49. The number of aryl methyl sites for hydroxylation is 2. The smallest absolute Gasteiger partial charge is 0.373 e. The molecule has 0 spiro atoms. The molecule has 0 saturated heterocycles. The number of rotatable bonds is 10. The number of alkyl halides is 1. The lowest BCUT2D eigenvalue weighted by Gasteiger charge is -2.27. The average molecular weight is 553 g/mol. The molecule has 0 aliphatic rings. The first-order chi connectivity index (χ1) is 17.8. The van der Waals surface area contributed by atoms with Gasteiger partial charge in [0.1, 0.15) is 5.88 Å². The van der Waals surface area contributed by atoms with Gasteiger partial charge in [0.25, 0.3) is 0 Å². The number of para-hydroxylation sites is 1. The van der Waals surface area contributed by atoms with Gasteiger partial charge in [-0.25, -0.2) is 9.59 Å². The minimum atomic E-state index is -0.643. The highest BCUT2D eigenvalue weighted by Crippen LogP contribution is 2.27. The zero-order valence-electron chi connectivity index (χ0n) is 24.1. The quantitative estimate of drug-likeness (QED) is 0.260. The number of carbonyl (C=O) groups is 2. The lowest BCUT2D eigenvalue weighted by atomic mass is 10.0. The molecule has 0 bridgehead atoms. The van der Waals surface area contributed by atoms with E-state index < -0.39 is 17.3 Å². The van der Waals surface area contributed by atoms with E-state index in [9.17, 15) is 14.4 Å². The number of nitrogens with two attached hydrogens (primary N) is 1. The lowest BCUT2D eigenvalue weighted by Crippen LogP contribution is -2.47. The molecule has 0 radical (unpaired) electrons. The summed E-state index contributed by atoms with van der Waals surface area (Å²) in [7, 11) is 0. The van der Waals surface area contributed by atoms with Gasteiger partial charge in [0.2, 0.25) is 5.91 Å². The number of nitrogen functional groups attached to an aromatic ring is 1. The number of nitrogens with zero attached hydrogens (tertiary/aromatic N) is 4. The zero-order chi connectivity index (χ0) is 29.0. The van der Waals surface area contributed by atoms with Gasteiger partial charge in [-0.1, -0.05) is 52.8 Å². The van der Waals surface area contributed by atoms with Crippen molar-refractivity contribution in [3.8, 4) is 0 Å². The van der Waals surface area contributed by atoms with Crippen molar-refractivity contribution in [3.63, 3.8) is 0 Å². The van der Waals surface area contributed by atoms with E-state index in [1.807, 2.05) is 34.6 Å². The minimum Gasteiger partial charge on any atom is -0.380 e. The Kier molecular flexibility index (Phi) is 13.6. The molecule has 38 heavy (non-hydrogen) atoms. The number of hydrogen-bond donors (Lipinski definition) is 2. The Morgan fingerprint density at radius 2 is 1.71 bits per heavy atom. The summed E-state index contributed by atoms with van der Waals surface area (Å²) >= 11 is 5.80. The summed E-state index contributed by atoms with van der Waals surface area (Å²) < 4.78 is 7.19. The Hall–Kier alpha value is -2.85. The first-order valence-electron chi connectivity index (χ1n) is 13.2. The Labute approximate surface area is 231 Å². The highest BCUT2D eigenvalue weighted by molar-refractivity contribution is 6.29. The molecule has 3 N–H and O–H groups in total. The molecule has 2 aromatic rings. The van der Waals surface area contributed by atoms with Crippen molar-refractivity contribution in [2.75, 3.05) is 36.4 Å². The van der Waals surface area contributed by atoms with Gasteiger partial charge < -0.3 is 20.8 Å². The van der Waals surface area contributed by atoms with Crippen molar-refractivity contribution in [1.29, 1.82) is 0 Å². The van der Waals surface area contributed by atoms with Gasteiger partial charge in [0, 0.05) is 24.6 Å². The second-order valence-electron chi connectivity index (χ2n) is 10.2.